The number of hydrogen-bond donors (Lipinski definition) is 1. The van der Waals surface area contributed by atoms with Crippen LogP contribution in [0.25, 0.3) is 10.9 Å². The zero-order valence-electron chi connectivity index (χ0n) is 19.9. The van der Waals surface area contributed by atoms with Gasteiger partial charge in [0.15, 0.2) is 11.5 Å². The van der Waals surface area contributed by atoms with Gasteiger partial charge in [-0.25, -0.2) is 27.5 Å². The van der Waals surface area contributed by atoms with E-state index < -0.39 is 23.3 Å². The van der Waals surface area contributed by atoms with Crippen LogP contribution >= 0.6 is 0 Å². The Kier molecular flexibility index (Phi) is 6.77. The number of nitrogens with one attached hydrogen (secondary N) is 1. The maximum Gasteiger partial charge on any atom is 0.260 e. The molecule has 0 spiro atoms. The fourth-order valence-electron chi connectivity index (χ4n) is 4.11. The number of benzene rings is 2. The fourth-order valence-corrected chi connectivity index (χ4v) is 4.11. The minimum Gasteiger partial charge on any atom is -0.493 e. The van der Waals surface area contributed by atoms with Crippen molar-refractivity contribution >= 4 is 16.7 Å². The molecule has 2 aromatic carbocycles. The van der Waals surface area contributed by atoms with E-state index in [1.807, 2.05) is 0 Å². The molecule has 35 heavy (non-hydrogen) atoms. The number of alkyl halides is 3. The van der Waals surface area contributed by atoms with Crippen molar-refractivity contribution in [2.24, 2.45) is 5.41 Å². The molecule has 0 radical (unpaired) electrons. The lowest BCUT2D eigenvalue weighted by molar-refractivity contribution is 0.00148. The standard InChI is InChI=1S/C25H27F4N3O3/c1-14(26)17-7-5-6-16(22(17)27)10-30-23-18-8-21(20(34-4)9-19(18)31-15(2)32-23)35-13-24(12-33-3)11-25(24,28)29/h5-9,14H,10-13H2,1-4H3,(H,30,31,32). The Morgan fingerprint density at radius 1 is 1.11 bits per heavy atom. The fraction of sp³-hybridized carbons (Fsp3) is 0.440. The number of hydrogen-bond acceptors (Lipinski definition) is 6. The summed E-state index contributed by atoms with van der Waals surface area (Å²) in [6.45, 7) is 2.64. The second-order valence-corrected chi connectivity index (χ2v) is 8.81. The Hall–Kier alpha value is -3.14. The summed E-state index contributed by atoms with van der Waals surface area (Å²) in [4.78, 5) is 8.84. The van der Waals surface area contributed by atoms with E-state index >= 15 is 0 Å². The SMILES string of the molecule is COCC1(COc2cc3c(NCc4cccc(C(C)F)c4F)nc(C)nc3cc2OC)CC1(F)F. The molecule has 0 amide bonds. The molecule has 2 unspecified atom stereocenters. The summed E-state index contributed by atoms with van der Waals surface area (Å²) < 4.78 is 72.6. The minimum absolute atomic E-state index is 0.0182. The molecule has 0 saturated heterocycles. The largest absolute Gasteiger partial charge is 0.493 e. The Morgan fingerprint density at radius 2 is 1.86 bits per heavy atom. The summed E-state index contributed by atoms with van der Waals surface area (Å²) in [5.74, 6) is -2.07. The van der Waals surface area contributed by atoms with E-state index in [0.29, 0.717) is 28.3 Å². The first kappa shape index (κ1) is 25.0. The second kappa shape index (κ2) is 9.49. The van der Waals surface area contributed by atoms with E-state index in [1.54, 1.807) is 31.2 Å². The predicted molar refractivity (Wildman–Crippen MR) is 123 cm³/mol. The van der Waals surface area contributed by atoms with Crippen molar-refractivity contribution in [3.63, 3.8) is 0 Å². The van der Waals surface area contributed by atoms with E-state index in [9.17, 15) is 17.6 Å². The van der Waals surface area contributed by atoms with Gasteiger partial charge in [-0.05, 0) is 19.9 Å². The molecule has 1 N–H and O–H groups in total. The van der Waals surface area contributed by atoms with E-state index in [0.717, 1.165) is 0 Å². The zero-order valence-corrected chi connectivity index (χ0v) is 19.9. The van der Waals surface area contributed by atoms with Crippen LogP contribution in [-0.2, 0) is 11.3 Å². The maximum absolute atomic E-state index is 14.7. The van der Waals surface area contributed by atoms with Crippen LogP contribution in [0.1, 0.15) is 36.5 Å². The van der Waals surface area contributed by atoms with Crippen molar-refractivity contribution in [3.8, 4) is 11.5 Å². The van der Waals surface area contributed by atoms with Crippen molar-refractivity contribution in [1.82, 2.24) is 9.97 Å². The highest BCUT2D eigenvalue weighted by Gasteiger charge is 2.71. The van der Waals surface area contributed by atoms with Crippen molar-refractivity contribution < 1.29 is 31.8 Å². The summed E-state index contributed by atoms with van der Waals surface area (Å²) in [6, 6.07) is 7.80. The van der Waals surface area contributed by atoms with Crippen LogP contribution in [0.2, 0.25) is 0 Å². The lowest BCUT2D eigenvalue weighted by Gasteiger charge is -2.19. The third kappa shape index (κ3) is 4.84. The summed E-state index contributed by atoms with van der Waals surface area (Å²) in [6.07, 6.45) is -1.76. The molecule has 3 aromatic rings. The average molecular weight is 494 g/mol. The molecule has 1 aliphatic rings. The van der Waals surface area contributed by atoms with E-state index in [-0.39, 0.29) is 43.1 Å². The van der Waals surface area contributed by atoms with Crippen LogP contribution in [0.15, 0.2) is 30.3 Å². The summed E-state index contributed by atoms with van der Waals surface area (Å²) in [7, 11) is 2.82. The number of nitrogens with zero attached hydrogens (tertiary/aromatic N) is 2. The smallest absolute Gasteiger partial charge is 0.260 e. The van der Waals surface area contributed by atoms with Gasteiger partial charge in [0.25, 0.3) is 5.92 Å². The van der Waals surface area contributed by atoms with Gasteiger partial charge in [-0.15, -0.1) is 0 Å². The predicted octanol–water partition coefficient (Wildman–Crippen LogP) is 5.78. The number of rotatable bonds is 10. The zero-order chi connectivity index (χ0) is 25.4. The molecule has 188 valence electrons. The second-order valence-electron chi connectivity index (χ2n) is 8.81. The third-order valence-electron chi connectivity index (χ3n) is 6.21. The van der Waals surface area contributed by atoms with Crippen LogP contribution in [0, 0.1) is 18.2 Å². The molecule has 1 saturated carbocycles. The normalized spacial score (nSPS) is 19.4. The van der Waals surface area contributed by atoms with Crippen molar-refractivity contribution in [1.29, 1.82) is 0 Å². The molecule has 4 rings (SSSR count). The highest BCUT2D eigenvalue weighted by Crippen LogP contribution is 2.60. The first-order valence-electron chi connectivity index (χ1n) is 11.1. The van der Waals surface area contributed by atoms with Gasteiger partial charge < -0.3 is 19.5 Å². The average Bonchev–Trinajstić information content (AvgIpc) is 3.35. The summed E-state index contributed by atoms with van der Waals surface area (Å²) in [5.41, 5.74) is -0.601. The number of aryl methyl sites for hydroxylation is 1. The van der Waals surface area contributed by atoms with Gasteiger partial charge in [0, 0.05) is 42.7 Å². The van der Waals surface area contributed by atoms with Crippen molar-refractivity contribution in [2.75, 3.05) is 32.8 Å². The molecule has 0 bridgehead atoms. The van der Waals surface area contributed by atoms with Gasteiger partial charge in [0.05, 0.1) is 24.6 Å². The Morgan fingerprint density at radius 3 is 2.49 bits per heavy atom. The number of ether oxygens (including phenoxy) is 3. The Labute approximate surface area is 200 Å². The summed E-state index contributed by atoms with van der Waals surface area (Å²) >= 11 is 0. The first-order valence-corrected chi connectivity index (χ1v) is 11.1. The van der Waals surface area contributed by atoms with Crippen molar-refractivity contribution in [2.45, 2.75) is 38.9 Å². The van der Waals surface area contributed by atoms with E-state index in [2.05, 4.69) is 15.3 Å². The Bertz CT molecular complexity index is 1240. The number of methoxy groups -OCH3 is 2. The number of halogens is 4. The van der Waals surface area contributed by atoms with Crippen LogP contribution in [0.3, 0.4) is 0 Å². The topological polar surface area (TPSA) is 65.5 Å². The van der Waals surface area contributed by atoms with E-state index in [4.69, 9.17) is 14.2 Å². The van der Waals surface area contributed by atoms with Gasteiger partial charge in [-0.3, -0.25) is 0 Å². The van der Waals surface area contributed by atoms with Gasteiger partial charge in [0.2, 0.25) is 0 Å². The number of aromatic nitrogens is 2. The molecule has 1 aliphatic carbocycles. The highest BCUT2D eigenvalue weighted by atomic mass is 19.3. The van der Waals surface area contributed by atoms with Gasteiger partial charge in [-0.2, -0.15) is 0 Å². The lowest BCUT2D eigenvalue weighted by atomic mass is 10.1. The van der Waals surface area contributed by atoms with Crippen LogP contribution in [0.5, 0.6) is 11.5 Å². The molecule has 0 aliphatic heterocycles. The van der Waals surface area contributed by atoms with E-state index in [1.165, 1.54) is 27.2 Å². The number of fused-ring (bicyclic) bond motifs is 1. The van der Waals surface area contributed by atoms with Crippen molar-refractivity contribution in [3.05, 3.63) is 53.1 Å². The molecule has 2 atom stereocenters. The Balaban J connectivity index is 1.64. The lowest BCUT2D eigenvalue weighted by Crippen LogP contribution is -2.25. The molecular formula is C25H27F4N3O3. The summed E-state index contributed by atoms with van der Waals surface area (Å²) in [5, 5.41) is 3.62. The maximum atomic E-state index is 14.7. The molecule has 1 aromatic heterocycles. The van der Waals surface area contributed by atoms with Crippen LogP contribution in [0.4, 0.5) is 23.4 Å². The molecule has 1 heterocycles. The third-order valence-corrected chi connectivity index (χ3v) is 6.21. The van der Waals surface area contributed by atoms with Gasteiger partial charge in [-0.1, -0.05) is 18.2 Å². The van der Waals surface area contributed by atoms with Crippen LogP contribution in [-0.4, -0.2) is 43.3 Å². The molecule has 10 heteroatoms. The molecular weight excluding hydrogens is 466 g/mol. The quantitative estimate of drug-likeness (QED) is 0.361. The monoisotopic (exact) mass is 493 g/mol. The van der Waals surface area contributed by atoms with Crippen LogP contribution < -0.4 is 14.8 Å². The highest BCUT2D eigenvalue weighted by molar-refractivity contribution is 5.91. The molecule has 1 fully saturated rings. The van der Waals surface area contributed by atoms with Gasteiger partial charge in [0.1, 0.15) is 30.2 Å². The molecule has 6 nitrogen and oxygen atoms in total. The first-order chi connectivity index (χ1) is 16.6. The number of anilines is 1. The van der Waals surface area contributed by atoms with Gasteiger partial charge >= 0.3 is 0 Å². The minimum atomic E-state index is -2.87.